The molecule has 1 aromatic carbocycles. The molecule has 0 spiro atoms. The maximum Gasteiger partial charge on any atom is 0.344 e. The van der Waals surface area contributed by atoms with Crippen LogP contribution in [0.15, 0.2) is 53.0 Å². The average Bonchev–Trinajstić information content (AvgIpc) is 3.50. The highest BCUT2D eigenvalue weighted by Crippen LogP contribution is 2.25. The standard InChI is InChI=1S/C21H22N6O3S2/c1-3-21(2)18(29)27(19(30)22-21)25-17(28)13-32-20-24-23-16(12-15-10-7-11-31-15)26(20)14-8-5-4-6-9-14/h4-11H,3,12-13H2,1-2H3,(H,22,30)(H,25,28)/t21-/m1/s1. The van der Waals surface area contributed by atoms with Crippen molar-refractivity contribution in [1.82, 2.24) is 30.5 Å². The molecule has 2 aromatic heterocycles. The SMILES string of the molecule is CC[C@@]1(C)NC(=O)N(NC(=O)CSc2nnc(Cc3cccs3)n2-c2ccccc2)C1=O. The molecule has 0 aliphatic carbocycles. The van der Waals surface area contributed by atoms with Gasteiger partial charge >= 0.3 is 6.03 Å². The van der Waals surface area contributed by atoms with Gasteiger partial charge in [-0.3, -0.25) is 19.6 Å². The van der Waals surface area contributed by atoms with Crippen LogP contribution in [0.1, 0.15) is 31.0 Å². The first kappa shape index (κ1) is 22.0. The Morgan fingerprint density at radius 2 is 1.97 bits per heavy atom. The summed E-state index contributed by atoms with van der Waals surface area (Å²) in [5.74, 6) is -0.242. The second-order valence-corrected chi connectivity index (χ2v) is 9.38. The van der Waals surface area contributed by atoms with E-state index >= 15 is 0 Å². The zero-order valence-corrected chi connectivity index (χ0v) is 19.2. The fourth-order valence-corrected chi connectivity index (χ4v) is 4.69. The average molecular weight is 471 g/mol. The summed E-state index contributed by atoms with van der Waals surface area (Å²) in [6, 6.07) is 13.1. The number of hydrogen-bond acceptors (Lipinski definition) is 7. The van der Waals surface area contributed by atoms with Crippen LogP contribution in [0.3, 0.4) is 0 Å². The Morgan fingerprint density at radius 1 is 1.19 bits per heavy atom. The lowest BCUT2D eigenvalue weighted by Gasteiger charge is -2.19. The molecular weight excluding hydrogens is 448 g/mol. The molecule has 0 radical (unpaired) electrons. The lowest BCUT2D eigenvalue weighted by Crippen LogP contribution is -2.49. The van der Waals surface area contributed by atoms with Crippen molar-refractivity contribution in [3.8, 4) is 5.69 Å². The van der Waals surface area contributed by atoms with Crippen LogP contribution in [0.25, 0.3) is 5.69 Å². The zero-order valence-electron chi connectivity index (χ0n) is 17.6. The first-order valence-corrected chi connectivity index (χ1v) is 11.9. The number of nitrogens with one attached hydrogen (secondary N) is 2. The number of imide groups is 1. The van der Waals surface area contributed by atoms with Crippen molar-refractivity contribution in [3.63, 3.8) is 0 Å². The Kier molecular flexibility index (Phi) is 6.28. The van der Waals surface area contributed by atoms with Crippen molar-refractivity contribution in [2.45, 2.75) is 37.4 Å². The number of urea groups is 1. The third kappa shape index (κ3) is 4.39. The first-order valence-electron chi connectivity index (χ1n) is 10.0. The van der Waals surface area contributed by atoms with Gasteiger partial charge in [0.1, 0.15) is 11.4 Å². The Balaban J connectivity index is 1.48. The highest BCUT2D eigenvalue weighted by atomic mass is 32.2. The number of aromatic nitrogens is 3. The van der Waals surface area contributed by atoms with Crippen LogP contribution in [-0.4, -0.2) is 48.9 Å². The molecule has 0 unspecified atom stereocenters. The number of thioether (sulfide) groups is 1. The molecule has 3 heterocycles. The van der Waals surface area contributed by atoms with E-state index in [9.17, 15) is 14.4 Å². The third-order valence-electron chi connectivity index (χ3n) is 5.16. The Morgan fingerprint density at radius 3 is 2.62 bits per heavy atom. The number of amides is 4. The van der Waals surface area contributed by atoms with Crippen LogP contribution in [0, 0.1) is 0 Å². The van der Waals surface area contributed by atoms with Crippen LogP contribution < -0.4 is 10.7 Å². The van der Waals surface area contributed by atoms with Crippen LogP contribution in [-0.2, 0) is 16.0 Å². The molecule has 3 aromatic rings. The Hall–Kier alpha value is -3.18. The van der Waals surface area contributed by atoms with Gasteiger partial charge in [0.15, 0.2) is 5.16 Å². The van der Waals surface area contributed by atoms with Gasteiger partial charge in [-0.15, -0.1) is 21.5 Å². The molecule has 11 heteroatoms. The molecule has 9 nitrogen and oxygen atoms in total. The van der Waals surface area contributed by atoms with E-state index in [1.54, 1.807) is 25.2 Å². The van der Waals surface area contributed by atoms with Crippen LogP contribution >= 0.6 is 23.1 Å². The summed E-state index contributed by atoms with van der Waals surface area (Å²) in [6.07, 6.45) is 1.04. The number of hydrazine groups is 1. The number of carbonyl (C=O) groups is 3. The van der Waals surface area contributed by atoms with E-state index in [4.69, 9.17) is 0 Å². The molecule has 1 atom stereocenters. The van der Waals surface area contributed by atoms with Crippen LogP contribution in [0.2, 0.25) is 0 Å². The number of carbonyl (C=O) groups excluding carboxylic acids is 3. The summed E-state index contributed by atoms with van der Waals surface area (Å²) < 4.78 is 1.92. The normalized spacial score (nSPS) is 18.1. The number of rotatable bonds is 8. The van der Waals surface area contributed by atoms with E-state index < -0.39 is 23.4 Å². The number of para-hydroxylation sites is 1. The molecule has 0 saturated carbocycles. The van der Waals surface area contributed by atoms with Gasteiger partial charge in [-0.25, -0.2) is 4.79 Å². The predicted molar refractivity (Wildman–Crippen MR) is 121 cm³/mol. The van der Waals surface area contributed by atoms with Gasteiger partial charge in [-0.1, -0.05) is 43.0 Å². The number of thiophene rings is 1. The fourth-order valence-electron chi connectivity index (χ4n) is 3.23. The fraction of sp³-hybridized carbons (Fsp3) is 0.286. The Bertz CT molecular complexity index is 1130. The minimum absolute atomic E-state index is 0.0378. The largest absolute Gasteiger partial charge is 0.344 e. The van der Waals surface area contributed by atoms with E-state index in [1.807, 2.05) is 52.4 Å². The molecule has 1 aliphatic heterocycles. The van der Waals surface area contributed by atoms with E-state index in [0.29, 0.717) is 18.0 Å². The minimum Gasteiger partial charge on any atom is -0.322 e. The summed E-state index contributed by atoms with van der Waals surface area (Å²) in [5.41, 5.74) is 2.27. The highest BCUT2D eigenvalue weighted by Gasteiger charge is 2.47. The molecular formula is C21H22N6O3S2. The summed E-state index contributed by atoms with van der Waals surface area (Å²) in [6.45, 7) is 3.43. The quantitative estimate of drug-likeness (QED) is 0.387. The van der Waals surface area contributed by atoms with E-state index in [2.05, 4.69) is 20.9 Å². The minimum atomic E-state index is -1.01. The zero-order chi connectivity index (χ0) is 22.7. The topological polar surface area (TPSA) is 109 Å². The maximum absolute atomic E-state index is 12.5. The smallest absolute Gasteiger partial charge is 0.322 e. The van der Waals surface area contributed by atoms with Crippen molar-refractivity contribution in [1.29, 1.82) is 0 Å². The van der Waals surface area contributed by atoms with Crippen molar-refractivity contribution in [3.05, 3.63) is 58.5 Å². The lowest BCUT2D eigenvalue weighted by atomic mass is 10.00. The summed E-state index contributed by atoms with van der Waals surface area (Å²) in [5, 5.41) is 14.5. The van der Waals surface area contributed by atoms with Crippen molar-refractivity contribution < 1.29 is 14.4 Å². The molecule has 1 fully saturated rings. The third-order valence-corrected chi connectivity index (χ3v) is 6.97. The van der Waals surface area contributed by atoms with Gasteiger partial charge in [0.25, 0.3) is 5.91 Å². The van der Waals surface area contributed by atoms with Gasteiger partial charge in [-0.2, -0.15) is 5.01 Å². The molecule has 0 bridgehead atoms. The number of nitrogens with zero attached hydrogens (tertiary/aromatic N) is 4. The molecule has 2 N–H and O–H groups in total. The van der Waals surface area contributed by atoms with Crippen LogP contribution in [0.4, 0.5) is 4.79 Å². The van der Waals surface area contributed by atoms with E-state index in [-0.39, 0.29) is 5.75 Å². The lowest BCUT2D eigenvalue weighted by molar-refractivity contribution is -0.137. The number of benzene rings is 1. The van der Waals surface area contributed by atoms with Gasteiger partial charge < -0.3 is 5.32 Å². The van der Waals surface area contributed by atoms with Gasteiger partial charge in [0, 0.05) is 17.0 Å². The van der Waals surface area contributed by atoms with Crippen LogP contribution in [0.5, 0.6) is 0 Å². The molecule has 1 aliphatic rings. The maximum atomic E-state index is 12.5. The second kappa shape index (κ2) is 9.13. The van der Waals surface area contributed by atoms with Gasteiger partial charge in [0.05, 0.1) is 5.75 Å². The van der Waals surface area contributed by atoms with Gasteiger partial charge in [0.2, 0.25) is 5.91 Å². The predicted octanol–water partition coefficient (Wildman–Crippen LogP) is 2.76. The second-order valence-electron chi connectivity index (χ2n) is 7.41. The number of hydrogen-bond donors (Lipinski definition) is 2. The van der Waals surface area contributed by atoms with E-state index in [1.165, 1.54) is 11.8 Å². The Labute approximate surface area is 193 Å². The van der Waals surface area contributed by atoms with Crippen molar-refractivity contribution in [2.24, 2.45) is 0 Å². The first-order chi connectivity index (χ1) is 15.4. The summed E-state index contributed by atoms with van der Waals surface area (Å²) >= 11 is 2.83. The monoisotopic (exact) mass is 470 g/mol. The molecule has 4 amide bonds. The molecule has 4 rings (SSSR count). The molecule has 1 saturated heterocycles. The molecule has 166 valence electrons. The van der Waals surface area contributed by atoms with Crippen molar-refractivity contribution >= 4 is 40.9 Å². The highest BCUT2D eigenvalue weighted by molar-refractivity contribution is 7.99. The van der Waals surface area contributed by atoms with Crippen molar-refractivity contribution in [2.75, 3.05) is 5.75 Å². The summed E-state index contributed by atoms with van der Waals surface area (Å²) in [4.78, 5) is 38.2. The molecule has 32 heavy (non-hydrogen) atoms. The summed E-state index contributed by atoms with van der Waals surface area (Å²) in [7, 11) is 0. The van der Waals surface area contributed by atoms with Gasteiger partial charge in [-0.05, 0) is 36.9 Å². The van der Waals surface area contributed by atoms with E-state index in [0.717, 1.165) is 21.4 Å².